The van der Waals surface area contributed by atoms with E-state index in [0.29, 0.717) is 23.7 Å². The second-order valence-corrected chi connectivity index (χ2v) is 13.2. The summed E-state index contributed by atoms with van der Waals surface area (Å²) in [6, 6.07) is 3.96. The number of aliphatic hydroxyl groups is 1. The zero-order chi connectivity index (χ0) is 27.2. The monoisotopic (exact) mass is 609 g/mol. The predicted molar refractivity (Wildman–Crippen MR) is 152 cm³/mol. The summed E-state index contributed by atoms with van der Waals surface area (Å²) in [4.78, 5) is 47.0. The summed E-state index contributed by atoms with van der Waals surface area (Å²) >= 11 is 11.9. The molecule has 3 fully saturated rings. The predicted octanol–water partition coefficient (Wildman–Crippen LogP) is 3.66. The number of halogens is 2. The Bertz CT molecular complexity index is 1110. The molecule has 0 saturated carbocycles. The van der Waals surface area contributed by atoms with Gasteiger partial charge in [-0.15, -0.1) is 24.9 Å². The number of hydrogen-bond acceptors (Lipinski definition) is 5. The maximum absolute atomic E-state index is 14.6. The lowest BCUT2D eigenvalue weighted by Gasteiger charge is -2.39. The standard InChI is InChI=1S/C27H33BrClN3O4S/c1-6-11-30(5)24(34)19-20-25(35)32(16(4)14-33)23(27(20)13-17(28)22(19)37-27)26(36)31(12-7-2)21-15(3)9-8-10-18(21)29/h6-10,16-17,19-20,22-23,33H,1-2,11-14H2,3-5H3/t16-,17?,19+,20+,22+,23?,27?/m1/s1. The first kappa shape index (κ1) is 28.2. The van der Waals surface area contributed by atoms with E-state index < -0.39 is 28.7 Å². The van der Waals surface area contributed by atoms with Gasteiger partial charge in [0.1, 0.15) is 6.04 Å². The number of amides is 3. The quantitative estimate of drug-likeness (QED) is 0.341. The molecule has 0 radical (unpaired) electrons. The average molecular weight is 611 g/mol. The molecule has 2 bridgehead atoms. The van der Waals surface area contributed by atoms with Crippen molar-refractivity contribution in [1.82, 2.24) is 9.80 Å². The van der Waals surface area contributed by atoms with Gasteiger partial charge in [-0.2, -0.15) is 0 Å². The van der Waals surface area contributed by atoms with E-state index in [4.69, 9.17) is 11.6 Å². The van der Waals surface area contributed by atoms with Crippen LogP contribution in [-0.4, -0.2) is 86.3 Å². The van der Waals surface area contributed by atoms with Crippen molar-refractivity contribution >= 4 is 62.7 Å². The molecular weight excluding hydrogens is 578 g/mol. The highest BCUT2D eigenvalue weighted by molar-refractivity contribution is 9.09. The maximum Gasteiger partial charge on any atom is 0.251 e. The van der Waals surface area contributed by atoms with Gasteiger partial charge in [0.25, 0.3) is 5.91 Å². The van der Waals surface area contributed by atoms with Crippen molar-refractivity contribution < 1.29 is 19.5 Å². The molecule has 4 rings (SSSR count). The van der Waals surface area contributed by atoms with Crippen LogP contribution in [0.4, 0.5) is 5.69 Å². The Hall–Kier alpha value is -1.81. The Balaban J connectivity index is 1.85. The van der Waals surface area contributed by atoms with Crippen LogP contribution < -0.4 is 4.90 Å². The van der Waals surface area contributed by atoms with E-state index >= 15 is 0 Å². The first-order valence-electron chi connectivity index (χ1n) is 12.3. The van der Waals surface area contributed by atoms with Crippen LogP contribution in [0.15, 0.2) is 43.5 Å². The molecule has 7 atom stereocenters. The second-order valence-electron chi connectivity index (χ2n) is 10.1. The minimum Gasteiger partial charge on any atom is -0.394 e. The Labute approximate surface area is 236 Å². The van der Waals surface area contributed by atoms with Crippen LogP contribution in [-0.2, 0) is 14.4 Å². The zero-order valence-corrected chi connectivity index (χ0v) is 24.4. The fourth-order valence-corrected chi connectivity index (χ4v) is 10.2. The number of thioether (sulfide) groups is 1. The fourth-order valence-electron chi connectivity index (χ4n) is 6.26. The van der Waals surface area contributed by atoms with E-state index in [-0.39, 0.29) is 41.0 Å². The van der Waals surface area contributed by atoms with E-state index in [2.05, 4.69) is 29.1 Å². The molecule has 1 aromatic carbocycles. The number of hydrogen-bond donors (Lipinski definition) is 1. The van der Waals surface area contributed by atoms with Crippen LogP contribution in [0.3, 0.4) is 0 Å². The molecule has 200 valence electrons. The first-order chi connectivity index (χ1) is 17.5. The van der Waals surface area contributed by atoms with Gasteiger partial charge < -0.3 is 19.8 Å². The van der Waals surface area contributed by atoms with Gasteiger partial charge in [0.15, 0.2) is 0 Å². The summed E-state index contributed by atoms with van der Waals surface area (Å²) in [6.07, 6.45) is 3.85. The average Bonchev–Trinajstić information content (AvgIpc) is 3.45. The number of likely N-dealkylation sites (N-methyl/N-ethyl adjacent to an activating group) is 1. The third-order valence-electron chi connectivity index (χ3n) is 7.80. The van der Waals surface area contributed by atoms with Gasteiger partial charge in [-0.3, -0.25) is 14.4 Å². The highest BCUT2D eigenvalue weighted by Crippen LogP contribution is 2.68. The molecule has 37 heavy (non-hydrogen) atoms. The zero-order valence-electron chi connectivity index (χ0n) is 21.3. The van der Waals surface area contributed by atoms with Crippen molar-refractivity contribution in [2.45, 2.75) is 47.2 Å². The van der Waals surface area contributed by atoms with E-state index in [1.54, 1.807) is 53.8 Å². The largest absolute Gasteiger partial charge is 0.394 e. The molecule has 3 unspecified atom stereocenters. The molecule has 1 aromatic rings. The lowest BCUT2D eigenvalue weighted by Crippen LogP contribution is -2.57. The number of carbonyl (C=O) groups excluding carboxylic acids is 3. The molecule has 3 aliphatic rings. The van der Waals surface area contributed by atoms with Crippen LogP contribution >= 0.6 is 39.3 Å². The fraction of sp³-hybridized carbons (Fsp3) is 0.519. The number of carbonyl (C=O) groups is 3. The molecule has 7 nitrogen and oxygen atoms in total. The van der Waals surface area contributed by atoms with Gasteiger partial charge in [0.05, 0.1) is 39.9 Å². The Morgan fingerprint density at radius 3 is 2.59 bits per heavy atom. The Kier molecular flexibility index (Phi) is 8.19. The van der Waals surface area contributed by atoms with E-state index in [9.17, 15) is 19.5 Å². The summed E-state index contributed by atoms with van der Waals surface area (Å²) in [6.45, 7) is 11.5. The summed E-state index contributed by atoms with van der Waals surface area (Å²) in [5.74, 6) is -1.92. The highest BCUT2D eigenvalue weighted by Gasteiger charge is 2.76. The number of aliphatic hydroxyl groups excluding tert-OH is 1. The number of aryl methyl sites for hydroxylation is 1. The molecule has 1 N–H and O–H groups in total. The van der Waals surface area contributed by atoms with Crippen molar-refractivity contribution in [3.63, 3.8) is 0 Å². The first-order valence-corrected chi connectivity index (χ1v) is 14.5. The lowest BCUT2D eigenvalue weighted by molar-refractivity contribution is -0.144. The van der Waals surface area contributed by atoms with Crippen LogP contribution in [0.2, 0.25) is 5.02 Å². The number of fused-ring (bicyclic) bond motifs is 1. The SMILES string of the molecule is C=CCN(C)C(=O)[C@H]1[C@H]2C(=O)N([C@H](C)CO)C(C(=O)N(CC=C)c3c(C)cccc3Cl)C23CC(Br)[C@@H]1S3. The molecule has 3 aliphatic heterocycles. The molecule has 3 saturated heterocycles. The van der Waals surface area contributed by atoms with Crippen molar-refractivity contribution in [3.8, 4) is 0 Å². The smallest absolute Gasteiger partial charge is 0.251 e. The second kappa shape index (κ2) is 10.8. The summed E-state index contributed by atoms with van der Waals surface area (Å²) in [5.41, 5.74) is 1.40. The normalized spacial score (nSPS) is 30.7. The van der Waals surface area contributed by atoms with Gasteiger partial charge >= 0.3 is 0 Å². The molecular formula is C27H33BrClN3O4S. The molecule has 1 spiro atoms. The number of benzene rings is 1. The molecule has 0 aromatic heterocycles. The highest BCUT2D eigenvalue weighted by atomic mass is 79.9. The summed E-state index contributed by atoms with van der Waals surface area (Å²) in [5, 5.41) is 10.4. The van der Waals surface area contributed by atoms with Crippen molar-refractivity contribution in [3.05, 3.63) is 54.1 Å². The minimum absolute atomic E-state index is 0.0396. The summed E-state index contributed by atoms with van der Waals surface area (Å²) < 4.78 is -0.819. The number of rotatable bonds is 9. The van der Waals surface area contributed by atoms with Crippen molar-refractivity contribution in [2.75, 3.05) is 31.6 Å². The number of alkyl halides is 1. The van der Waals surface area contributed by atoms with E-state index in [1.165, 1.54) is 4.90 Å². The van der Waals surface area contributed by atoms with Gasteiger partial charge in [0, 0.05) is 30.2 Å². The Morgan fingerprint density at radius 2 is 2.00 bits per heavy atom. The minimum atomic E-state index is -0.875. The molecule has 10 heteroatoms. The van der Waals surface area contributed by atoms with Crippen LogP contribution in [0.25, 0.3) is 0 Å². The summed E-state index contributed by atoms with van der Waals surface area (Å²) in [7, 11) is 1.71. The Morgan fingerprint density at radius 1 is 1.32 bits per heavy atom. The number of nitrogens with zero attached hydrogens (tertiary/aromatic N) is 3. The molecule has 3 amide bonds. The maximum atomic E-state index is 14.6. The molecule has 0 aliphatic carbocycles. The van der Waals surface area contributed by atoms with Crippen LogP contribution in [0.1, 0.15) is 18.9 Å². The third-order valence-corrected chi connectivity index (χ3v) is 11.3. The van der Waals surface area contributed by atoms with Gasteiger partial charge in [-0.1, -0.05) is 51.8 Å². The van der Waals surface area contributed by atoms with E-state index in [1.807, 2.05) is 19.1 Å². The topological polar surface area (TPSA) is 81.2 Å². The van der Waals surface area contributed by atoms with Crippen molar-refractivity contribution in [1.29, 1.82) is 0 Å². The third kappa shape index (κ3) is 4.36. The van der Waals surface area contributed by atoms with Gasteiger partial charge in [-0.25, -0.2) is 0 Å². The molecule has 3 heterocycles. The van der Waals surface area contributed by atoms with Gasteiger partial charge in [0.2, 0.25) is 11.8 Å². The number of para-hydroxylation sites is 1. The van der Waals surface area contributed by atoms with Gasteiger partial charge in [-0.05, 0) is 31.9 Å². The number of likely N-dealkylation sites (tertiary alicyclic amines) is 1. The van der Waals surface area contributed by atoms with E-state index in [0.717, 1.165) is 5.56 Å². The lowest BCUT2D eigenvalue weighted by atomic mass is 9.70. The van der Waals surface area contributed by atoms with Crippen molar-refractivity contribution in [2.24, 2.45) is 11.8 Å². The van der Waals surface area contributed by atoms with Crippen LogP contribution in [0.5, 0.6) is 0 Å². The van der Waals surface area contributed by atoms with Crippen LogP contribution in [0, 0.1) is 18.8 Å². The number of anilines is 1.